The van der Waals surface area contributed by atoms with E-state index in [1.807, 2.05) is 69.7 Å². The molecule has 0 atom stereocenters. The maximum Gasteiger partial charge on any atom is 0.251 e. The first kappa shape index (κ1) is 18.7. The van der Waals surface area contributed by atoms with Gasteiger partial charge in [-0.3, -0.25) is 9.48 Å². The van der Waals surface area contributed by atoms with Gasteiger partial charge in [-0.2, -0.15) is 5.10 Å². The van der Waals surface area contributed by atoms with Gasteiger partial charge in [-0.15, -0.1) is 0 Å². The Bertz CT molecular complexity index is 1160. The van der Waals surface area contributed by atoms with Gasteiger partial charge in [0.05, 0.1) is 23.3 Å². The van der Waals surface area contributed by atoms with Crippen molar-refractivity contribution in [3.63, 3.8) is 0 Å². The van der Waals surface area contributed by atoms with Crippen molar-refractivity contribution in [2.24, 2.45) is 14.1 Å². The fourth-order valence-corrected chi connectivity index (χ4v) is 3.37. The van der Waals surface area contributed by atoms with E-state index in [9.17, 15) is 4.79 Å². The summed E-state index contributed by atoms with van der Waals surface area (Å²) in [6.45, 7) is 3.01. The van der Waals surface area contributed by atoms with E-state index < -0.39 is 0 Å². The van der Waals surface area contributed by atoms with E-state index in [4.69, 9.17) is 0 Å². The summed E-state index contributed by atoms with van der Waals surface area (Å²) in [5.74, 6) is 0.856. The predicted molar refractivity (Wildman–Crippen MR) is 114 cm³/mol. The number of fused-ring (bicyclic) bond motifs is 1. The van der Waals surface area contributed by atoms with Crippen molar-refractivity contribution >= 4 is 22.6 Å². The van der Waals surface area contributed by atoms with Gasteiger partial charge < -0.3 is 15.2 Å². The second-order valence-corrected chi connectivity index (χ2v) is 7.10. The van der Waals surface area contributed by atoms with Crippen molar-refractivity contribution in [2.45, 2.75) is 20.0 Å². The van der Waals surface area contributed by atoms with E-state index in [0.717, 1.165) is 33.8 Å². The first-order chi connectivity index (χ1) is 14.0. The smallest absolute Gasteiger partial charge is 0.251 e. The number of imidazole rings is 1. The summed E-state index contributed by atoms with van der Waals surface area (Å²) in [6.07, 6.45) is 1.92. The number of rotatable bonds is 6. The van der Waals surface area contributed by atoms with Gasteiger partial charge in [0.15, 0.2) is 0 Å². The Morgan fingerprint density at radius 2 is 1.79 bits per heavy atom. The van der Waals surface area contributed by atoms with Crippen LogP contribution in [0.3, 0.4) is 0 Å². The van der Waals surface area contributed by atoms with Crippen LogP contribution < -0.4 is 10.6 Å². The fraction of sp³-hybridized carbons (Fsp3) is 0.227. The maximum absolute atomic E-state index is 12.4. The average Bonchev–Trinajstić information content (AvgIpc) is 3.23. The quantitative estimate of drug-likeness (QED) is 0.532. The number of carbonyl (C=O) groups excluding carboxylic acids is 1. The van der Waals surface area contributed by atoms with Crippen molar-refractivity contribution in [3.05, 3.63) is 77.4 Å². The third-order valence-electron chi connectivity index (χ3n) is 5.03. The van der Waals surface area contributed by atoms with Gasteiger partial charge in [-0.1, -0.05) is 12.1 Å². The molecule has 0 saturated heterocycles. The van der Waals surface area contributed by atoms with Gasteiger partial charge in [-0.05, 0) is 43.3 Å². The first-order valence-corrected chi connectivity index (χ1v) is 9.53. The highest BCUT2D eigenvalue weighted by molar-refractivity contribution is 5.94. The highest BCUT2D eigenvalue weighted by atomic mass is 16.1. The van der Waals surface area contributed by atoms with Crippen LogP contribution in [0.5, 0.6) is 0 Å². The molecule has 0 aliphatic rings. The van der Waals surface area contributed by atoms with Crippen LogP contribution in [0.25, 0.3) is 11.0 Å². The van der Waals surface area contributed by atoms with Gasteiger partial charge >= 0.3 is 0 Å². The Morgan fingerprint density at radius 1 is 1.03 bits per heavy atom. The number of aryl methyl sites for hydroxylation is 3. The molecule has 0 fully saturated rings. The molecule has 0 bridgehead atoms. The SMILES string of the molecule is Cc1nn(C)cc1CNC(=O)c1ccc(NCc2nc3ccccc3n2C)cc1. The summed E-state index contributed by atoms with van der Waals surface area (Å²) >= 11 is 0. The van der Waals surface area contributed by atoms with Crippen LogP contribution in [0.15, 0.2) is 54.7 Å². The lowest BCUT2D eigenvalue weighted by molar-refractivity contribution is 0.0951. The molecule has 7 nitrogen and oxygen atoms in total. The lowest BCUT2D eigenvalue weighted by Crippen LogP contribution is -2.22. The summed E-state index contributed by atoms with van der Waals surface area (Å²) in [4.78, 5) is 17.1. The summed E-state index contributed by atoms with van der Waals surface area (Å²) < 4.78 is 3.84. The Hall–Kier alpha value is -3.61. The fourth-order valence-electron chi connectivity index (χ4n) is 3.37. The average molecular weight is 388 g/mol. The first-order valence-electron chi connectivity index (χ1n) is 9.53. The molecule has 2 N–H and O–H groups in total. The van der Waals surface area contributed by atoms with E-state index in [2.05, 4.69) is 31.3 Å². The molecule has 2 heterocycles. The van der Waals surface area contributed by atoms with Gasteiger partial charge in [0, 0.05) is 43.7 Å². The van der Waals surface area contributed by atoms with E-state index in [-0.39, 0.29) is 5.91 Å². The van der Waals surface area contributed by atoms with E-state index in [1.54, 1.807) is 4.68 Å². The van der Waals surface area contributed by atoms with Crippen molar-refractivity contribution in [1.29, 1.82) is 0 Å². The zero-order valence-electron chi connectivity index (χ0n) is 16.8. The second kappa shape index (κ2) is 7.79. The van der Waals surface area contributed by atoms with Gasteiger partial charge in [0.1, 0.15) is 5.82 Å². The zero-order valence-corrected chi connectivity index (χ0v) is 16.8. The molecule has 0 spiro atoms. The lowest BCUT2D eigenvalue weighted by Gasteiger charge is -2.08. The molecule has 148 valence electrons. The van der Waals surface area contributed by atoms with Crippen molar-refractivity contribution < 1.29 is 4.79 Å². The van der Waals surface area contributed by atoms with Gasteiger partial charge in [0.25, 0.3) is 5.91 Å². The Morgan fingerprint density at radius 3 is 2.48 bits per heavy atom. The standard InChI is InChI=1S/C22H24N6O/c1-15-17(14-27(2)26-15)12-24-22(29)16-8-10-18(11-9-16)23-13-21-25-19-6-4-5-7-20(19)28(21)3/h4-11,14,23H,12-13H2,1-3H3,(H,24,29). The minimum absolute atomic E-state index is 0.102. The van der Waals surface area contributed by atoms with Gasteiger partial charge in [-0.25, -0.2) is 4.98 Å². The molecule has 0 saturated carbocycles. The Labute approximate surface area is 169 Å². The molecule has 4 rings (SSSR count). The highest BCUT2D eigenvalue weighted by Gasteiger charge is 2.09. The minimum atomic E-state index is -0.102. The van der Waals surface area contributed by atoms with Crippen LogP contribution in [-0.4, -0.2) is 25.2 Å². The molecular formula is C22H24N6O. The number of amides is 1. The lowest BCUT2D eigenvalue weighted by atomic mass is 10.2. The molecule has 0 aliphatic heterocycles. The number of para-hydroxylation sites is 2. The topological polar surface area (TPSA) is 76.8 Å². The molecular weight excluding hydrogens is 364 g/mol. The summed E-state index contributed by atoms with van der Waals surface area (Å²) in [7, 11) is 3.89. The van der Waals surface area contributed by atoms with Crippen molar-refractivity contribution in [1.82, 2.24) is 24.6 Å². The molecule has 29 heavy (non-hydrogen) atoms. The van der Waals surface area contributed by atoms with Crippen LogP contribution in [0.2, 0.25) is 0 Å². The second-order valence-electron chi connectivity index (χ2n) is 7.10. The van der Waals surface area contributed by atoms with E-state index in [0.29, 0.717) is 18.7 Å². The largest absolute Gasteiger partial charge is 0.378 e. The molecule has 1 amide bonds. The van der Waals surface area contributed by atoms with Crippen molar-refractivity contribution in [2.75, 3.05) is 5.32 Å². The van der Waals surface area contributed by atoms with Crippen LogP contribution in [0.4, 0.5) is 5.69 Å². The predicted octanol–water partition coefficient (Wildman–Crippen LogP) is 3.16. The Kier molecular flexibility index (Phi) is 5.03. The van der Waals surface area contributed by atoms with E-state index in [1.165, 1.54) is 0 Å². The van der Waals surface area contributed by atoms with E-state index >= 15 is 0 Å². The molecule has 2 aromatic heterocycles. The molecule has 0 aliphatic carbocycles. The third-order valence-corrected chi connectivity index (χ3v) is 5.03. The number of nitrogens with zero attached hydrogens (tertiary/aromatic N) is 4. The van der Waals surface area contributed by atoms with Crippen molar-refractivity contribution in [3.8, 4) is 0 Å². The number of carbonyl (C=O) groups is 1. The number of benzene rings is 2. The highest BCUT2D eigenvalue weighted by Crippen LogP contribution is 2.16. The van der Waals surface area contributed by atoms with Crippen LogP contribution in [0.1, 0.15) is 27.4 Å². The number of hydrogen-bond acceptors (Lipinski definition) is 4. The Balaban J connectivity index is 1.36. The number of anilines is 1. The molecule has 0 radical (unpaired) electrons. The molecule has 7 heteroatoms. The summed E-state index contributed by atoms with van der Waals surface area (Å²) in [5.41, 5.74) is 5.61. The zero-order chi connectivity index (χ0) is 20.4. The third kappa shape index (κ3) is 3.99. The van der Waals surface area contributed by atoms with Gasteiger partial charge in [0.2, 0.25) is 0 Å². The molecule has 2 aromatic carbocycles. The summed E-state index contributed by atoms with van der Waals surface area (Å²) in [6, 6.07) is 15.5. The maximum atomic E-state index is 12.4. The number of hydrogen-bond donors (Lipinski definition) is 2. The normalized spacial score (nSPS) is 11.0. The van der Waals surface area contributed by atoms with Crippen LogP contribution in [0, 0.1) is 6.92 Å². The number of aromatic nitrogens is 4. The monoisotopic (exact) mass is 388 g/mol. The molecule has 0 unspecified atom stereocenters. The molecule has 4 aromatic rings. The van der Waals surface area contributed by atoms with Crippen LogP contribution >= 0.6 is 0 Å². The summed E-state index contributed by atoms with van der Waals surface area (Å²) in [5, 5.41) is 10.6. The number of nitrogens with one attached hydrogen (secondary N) is 2. The van der Waals surface area contributed by atoms with Crippen LogP contribution in [-0.2, 0) is 27.2 Å². The minimum Gasteiger partial charge on any atom is -0.378 e.